The van der Waals surface area contributed by atoms with E-state index in [-0.39, 0.29) is 16.5 Å². The molecule has 172 valence electrons. The molecule has 1 aromatic carbocycles. The van der Waals surface area contributed by atoms with Crippen molar-refractivity contribution in [1.29, 1.82) is 0 Å². The Bertz CT molecular complexity index is 905. The molecule has 0 atom stereocenters. The van der Waals surface area contributed by atoms with Crippen LogP contribution in [0.4, 0.5) is 11.4 Å². The Kier molecular flexibility index (Phi) is 7.50. The molecule has 2 aliphatic rings. The summed E-state index contributed by atoms with van der Waals surface area (Å²) in [6.07, 6.45) is 2.12. The zero-order chi connectivity index (χ0) is 22.6. The van der Waals surface area contributed by atoms with Gasteiger partial charge in [0.25, 0.3) is 5.69 Å². The second-order valence-corrected chi connectivity index (χ2v) is 9.79. The van der Waals surface area contributed by atoms with Gasteiger partial charge in [-0.05, 0) is 25.0 Å². The zero-order valence-corrected chi connectivity index (χ0v) is 19.0. The highest BCUT2D eigenvalue weighted by molar-refractivity contribution is 7.89. The molecule has 0 N–H and O–H groups in total. The van der Waals surface area contributed by atoms with Gasteiger partial charge in [-0.3, -0.25) is 19.8 Å². The maximum Gasteiger partial charge on any atom is 0.293 e. The summed E-state index contributed by atoms with van der Waals surface area (Å²) in [4.78, 5) is 29.3. The van der Waals surface area contributed by atoms with Crippen molar-refractivity contribution < 1.29 is 18.1 Å². The number of piperazine rings is 1. The fraction of sp³-hybridized carbons (Fsp3) is 0.650. The maximum absolute atomic E-state index is 12.8. The third kappa shape index (κ3) is 5.16. The summed E-state index contributed by atoms with van der Waals surface area (Å²) in [6, 6.07) is 4.13. The molecule has 0 aromatic heterocycles. The van der Waals surface area contributed by atoms with E-state index < -0.39 is 14.9 Å². The Morgan fingerprint density at radius 1 is 1.06 bits per heavy atom. The van der Waals surface area contributed by atoms with E-state index in [2.05, 4.69) is 4.90 Å². The van der Waals surface area contributed by atoms with Gasteiger partial charge in [-0.25, -0.2) is 8.42 Å². The van der Waals surface area contributed by atoms with Gasteiger partial charge in [-0.15, -0.1) is 0 Å². The lowest BCUT2D eigenvalue weighted by Crippen LogP contribution is -2.50. The van der Waals surface area contributed by atoms with E-state index in [0.717, 1.165) is 32.0 Å². The molecule has 1 aromatic rings. The minimum Gasteiger partial charge on any atom is -0.363 e. The quantitative estimate of drug-likeness (QED) is 0.432. The number of nitro benzene ring substituents is 1. The Morgan fingerprint density at radius 3 is 2.23 bits per heavy atom. The number of amides is 1. The minimum atomic E-state index is -3.78. The first-order valence-corrected chi connectivity index (χ1v) is 12.3. The third-order valence-electron chi connectivity index (χ3n) is 6.02. The van der Waals surface area contributed by atoms with E-state index in [1.165, 1.54) is 16.4 Å². The van der Waals surface area contributed by atoms with Crippen LogP contribution in [0.15, 0.2) is 23.1 Å². The number of carbonyl (C=O) groups is 1. The summed E-state index contributed by atoms with van der Waals surface area (Å²) in [5.74, 6) is 0.142. The molecule has 1 amide bonds. The molecule has 0 spiro atoms. The Balaban J connectivity index is 1.71. The number of rotatable bonds is 8. The number of nitro groups is 1. The lowest BCUT2D eigenvalue weighted by molar-refractivity contribution is -0.384. The summed E-state index contributed by atoms with van der Waals surface area (Å²) in [5.41, 5.74) is 0.198. The second-order valence-electron chi connectivity index (χ2n) is 7.85. The van der Waals surface area contributed by atoms with E-state index in [4.69, 9.17) is 0 Å². The van der Waals surface area contributed by atoms with Crippen LogP contribution in [0.5, 0.6) is 0 Å². The lowest BCUT2D eigenvalue weighted by atomic mass is 10.2. The zero-order valence-electron chi connectivity index (χ0n) is 18.2. The molecule has 2 heterocycles. The van der Waals surface area contributed by atoms with Crippen molar-refractivity contribution in [3.8, 4) is 0 Å². The first kappa shape index (κ1) is 23.4. The average molecular weight is 454 g/mol. The van der Waals surface area contributed by atoms with Crippen LogP contribution in [0, 0.1) is 10.1 Å². The van der Waals surface area contributed by atoms with Crippen LogP contribution in [-0.2, 0) is 14.8 Å². The van der Waals surface area contributed by atoms with E-state index in [1.807, 2.05) is 9.80 Å². The van der Waals surface area contributed by atoms with E-state index in [9.17, 15) is 23.3 Å². The fourth-order valence-corrected chi connectivity index (χ4v) is 5.67. The van der Waals surface area contributed by atoms with Gasteiger partial charge in [-0.2, -0.15) is 4.31 Å². The molecule has 3 rings (SSSR count). The van der Waals surface area contributed by atoms with Crippen LogP contribution in [0.2, 0.25) is 0 Å². The molecule has 2 fully saturated rings. The summed E-state index contributed by atoms with van der Waals surface area (Å²) < 4.78 is 26.8. The van der Waals surface area contributed by atoms with Crippen LogP contribution in [0.1, 0.15) is 26.7 Å². The molecule has 0 saturated carbocycles. The molecule has 2 aliphatic heterocycles. The highest BCUT2D eigenvalue weighted by Crippen LogP contribution is 2.32. The molecule has 31 heavy (non-hydrogen) atoms. The molecule has 0 radical (unpaired) electrons. The molecule has 0 bridgehead atoms. The maximum atomic E-state index is 12.8. The predicted octanol–water partition coefficient (Wildman–Crippen LogP) is 1.37. The summed E-state index contributed by atoms with van der Waals surface area (Å²) in [5, 5.41) is 11.7. The summed E-state index contributed by atoms with van der Waals surface area (Å²) >= 11 is 0. The van der Waals surface area contributed by atoms with Crippen LogP contribution in [0.3, 0.4) is 0 Å². The molecule has 2 saturated heterocycles. The number of nitrogens with zero attached hydrogens (tertiary/aromatic N) is 5. The summed E-state index contributed by atoms with van der Waals surface area (Å²) in [6.45, 7) is 8.41. The molecular weight excluding hydrogens is 422 g/mol. The van der Waals surface area contributed by atoms with Crippen molar-refractivity contribution in [1.82, 2.24) is 14.1 Å². The predicted molar refractivity (Wildman–Crippen MR) is 118 cm³/mol. The number of hydrogen-bond acceptors (Lipinski definition) is 7. The van der Waals surface area contributed by atoms with Crippen molar-refractivity contribution >= 4 is 27.3 Å². The first-order valence-electron chi connectivity index (χ1n) is 10.8. The van der Waals surface area contributed by atoms with Gasteiger partial charge in [0.1, 0.15) is 5.69 Å². The van der Waals surface area contributed by atoms with Gasteiger partial charge in [-0.1, -0.05) is 13.8 Å². The van der Waals surface area contributed by atoms with Crippen molar-refractivity contribution in [2.75, 3.05) is 63.8 Å². The van der Waals surface area contributed by atoms with Crippen LogP contribution < -0.4 is 4.90 Å². The van der Waals surface area contributed by atoms with E-state index >= 15 is 0 Å². The number of hydrogen-bond donors (Lipinski definition) is 0. The van der Waals surface area contributed by atoms with Gasteiger partial charge in [0.05, 0.1) is 16.4 Å². The normalized spacial score (nSPS) is 18.0. The van der Waals surface area contributed by atoms with Crippen LogP contribution in [0.25, 0.3) is 0 Å². The lowest BCUT2D eigenvalue weighted by Gasteiger charge is -2.36. The molecule has 11 heteroatoms. The largest absolute Gasteiger partial charge is 0.363 e. The van der Waals surface area contributed by atoms with Crippen molar-refractivity contribution in [2.45, 2.75) is 31.6 Å². The average Bonchev–Trinajstić information content (AvgIpc) is 3.29. The van der Waals surface area contributed by atoms with Gasteiger partial charge in [0.15, 0.2) is 0 Å². The number of sulfonamides is 1. The topological polar surface area (TPSA) is 107 Å². The van der Waals surface area contributed by atoms with Gasteiger partial charge in [0, 0.05) is 58.4 Å². The van der Waals surface area contributed by atoms with Crippen LogP contribution in [-0.4, -0.2) is 92.3 Å². The van der Waals surface area contributed by atoms with Crippen molar-refractivity contribution in [3.05, 3.63) is 28.3 Å². The van der Waals surface area contributed by atoms with Gasteiger partial charge >= 0.3 is 0 Å². The molecular formula is C20H31N5O5S. The van der Waals surface area contributed by atoms with Crippen molar-refractivity contribution in [3.63, 3.8) is 0 Å². The highest BCUT2D eigenvalue weighted by atomic mass is 32.2. The highest BCUT2D eigenvalue weighted by Gasteiger charge is 2.29. The Hall–Kier alpha value is -2.24. The first-order chi connectivity index (χ1) is 14.8. The fourth-order valence-electron chi connectivity index (χ4n) is 4.19. The minimum absolute atomic E-state index is 0.0681. The van der Waals surface area contributed by atoms with Crippen LogP contribution >= 0.6 is 0 Å². The molecule has 0 unspecified atom stereocenters. The van der Waals surface area contributed by atoms with Gasteiger partial charge in [0.2, 0.25) is 15.9 Å². The molecule has 10 nitrogen and oxygen atoms in total. The van der Waals surface area contributed by atoms with E-state index in [0.29, 0.717) is 51.5 Å². The summed E-state index contributed by atoms with van der Waals surface area (Å²) in [7, 11) is -3.78. The Morgan fingerprint density at radius 2 is 1.68 bits per heavy atom. The second kappa shape index (κ2) is 9.92. The number of carbonyl (C=O) groups excluding carboxylic acids is 1. The number of benzene rings is 1. The third-order valence-corrected chi connectivity index (χ3v) is 8.06. The SMILES string of the molecule is CCN(CC)S(=O)(=O)c1ccc(N2CCN(CC(=O)N3CCCC3)CC2)c([N+](=O)[O-])c1. The smallest absolute Gasteiger partial charge is 0.293 e. The standard InChI is InChI=1S/C20H31N5O5S/c1-3-24(4-2)31(29,30)17-7-8-18(19(15-17)25(27)28)22-13-11-21(12-14-22)16-20(26)23-9-5-6-10-23/h7-8,15H,3-6,9-14,16H2,1-2H3. The number of anilines is 1. The Labute approximate surface area is 183 Å². The number of likely N-dealkylation sites (tertiary alicyclic amines) is 1. The van der Waals surface area contributed by atoms with Gasteiger partial charge < -0.3 is 9.80 Å². The van der Waals surface area contributed by atoms with Crippen molar-refractivity contribution in [2.24, 2.45) is 0 Å². The molecule has 0 aliphatic carbocycles. The van der Waals surface area contributed by atoms with E-state index in [1.54, 1.807) is 13.8 Å². The monoisotopic (exact) mass is 453 g/mol.